The standard InChI is InChI=1S/C9H12ClNO.2C9H13NO.C8H11ClN2O.C8H12N2O.C8H11NO.C7H11N3O/c1-7(2)12-6-8-3-4-9(10)11-5-8;1-8(2)11-7-9-3-5-10-6-4-9;1-8(2)11-7-9-4-3-5-10-6-9;1-6(2)12-5-7-3-10-8(9)11-4-7;1-6(2)11-7-3-4-10-8(9)5-7;1-7(2)10-8-3-5-9-6-4-8;1-5(2)11-6-3-4-9-7(8)10-6/h3-5,7H,6H2,1-2H3;2*3-6,8H,7H2,1-2H3;3-4,6H,5H2,1-2H3;3-6H,1-2H3,(H2,9,10);3-7H,1-2H3;3-5H,1-2H3,(H2,8,9,10). The first-order valence-electron chi connectivity index (χ1n) is 25.6. The summed E-state index contributed by atoms with van der Waals surface area (Å²) in [4.78, 5) is 34.8. The van der Waals surface area contributed by atoms with Gasteiger partial charge in [0.15, 0.2) is 0 Å². The number of pyridine rings is 5. The topological polar surface area (TPSA) is 233 Å². The Balaban J connectivity index is 0.000000455. The Morgan fingerprint density at radius 2 is 0.859 bits per heavy atom. The number of nitrogens with zero attached hydrogens (tertiary/aromatic N) is 9. The van der Waals surface area contributed by atoms with Gasteiger partial charge in [0, 0.05) is 85.9 Å². The van der Waals surface area contributed by atoms with Crippen LogP contribution in [0.2, 0.25) is 10.4 Å². The third-order valence-electron chi connectivity index (χ3n) is 8.42. The van der Waals surface area contributed by atoms with Gasteiger partial charge in [-0.2, -0.15) is 4.98 Å². The molecule has 0 saturated carbocycles. The highest BCUT2D eigenvalue weighted by atomic mass is 35.5. The molecule has 426 valence electrons. The van der Waals surface area contributed by atoms with E-state index in [1.807, 2.05) is 146 Å². The van der Waals surface area contributed by atoms with Crippen LogP contribution in [0.1, 0.15) is 119 Å². The second-order valence-corrected chi connectivity index (χ2v) is 19.1. The van der Waals surface area contributed by atoms with E-state index in [2.05, 4.69) is 44.9 Å². The Kier molecular flexibility index (Phi) is 37.7. The lowest BCUT2D eigenvalue weighted by Gasteiger charge is -2.08. The number of nitrogens with two attached hydrogens (primary N) is 2. The first-order chi connectivity index (χ1) is 37.1. The third kappa shape index (κ3) is 40.6. The zero-order valence-electron chi connectivity index (χ0n) is 47.9. The first kappa shape index (κ1) is 69.3. The molecule has 78 heavy (non-hydrogen) atoms. The van der Waals surface area contributed by atoms with Gasteiger partial charge in [-0.25, -0.2) is 24.9 Å². The molecule has 0 amide bonds. The van der Waals surface area contributed by atoms with E-state index in [0.717, 1.165) is 28.2 Å². The summed E-state index contributed by atoms with van der Waals surface area (Å²) in [6, 6.07) is 20.4. The number of anilines is 2. The maximum atomic E-state index is 5.62. The van der Waals surface area contributed by atoms with Gasteiger partial charge in [0.05, 0.1) is 69.2 Å². The molecule has 0 atom stereocenters. The maximum absolute atomic E-state index is 5.62. The third-order valence-corrected chi connectivity index (χ3v) is 8.84. The molecule has 0 unspecified atom stereocenters. The molecular weight excluding hydrogens is 1030 g/mol. The monoisotopic (exact) mass is 1120 g/mol. The van der Waals surface area contributed by atoms with E-state index in [1.165, 1.54) is 5.56 Å². The van der Waals surface area contributed by atoms with Crippen LogP contribution in [0, 0.1) is 0 Å². The van der Waals surface area contributed by atoms with E-state index in [4.69, 9.17) is 67.8 Å². The molecule has 0 aliphatic carbocycles. The molecule has 0 aromatic carbocycles. The van der Waals surface area contributed by atoms with Crippen molar-refractivity contribution in [2.45, 2.75) is 166 Å². The molecule has 0 saturated heterocycles. The Bertz CT molecular complexity index is 2350. The number of ether oxygens (including phenoxy) is 7. The van der Waals surface area contributed by atoms with E-state index in [0.29, 0.717) is 49.4 Å². The predicted octanol–water partition coefficient (Wildman–Crippen LogP) is 12.9. The highest BCUT2D eigenvalue weighted by Crippen LogP contribution is 2.14. The first-order valence-corrected chi connectivity index (χ1v) is 26.4. The average molecular weight is 1120 g/mol. The van der Waals surface area contributed by atoms with Crippen LogP contribution in [0.15, 0.2) is 135 Å². The molecule has 0 radical (unpaired) electrons. The van der Waals surface area contributed by atoms with E-state index >= 15 is 0 Å². The smallest absolute Gasteiger partial charge is 0.223 e. The summed E-state index contributed by atoms with van der Waals surface area (Å²) in [6.45, 7) is 30.3. The van der Waals surface area contributed by atoms with Gasteiger partial charge in [0.2, 0.25) is 17.1 Å². The van der Waals surface area contributed by atoms with Crippen LogP contribution in [0.3, 0.4) is 0 Å². The minimum atomic E-state index is 0.115. The molecule has 20 heteroatoms. The summed E-state index contributed by atoms with van der Waals surface area (Å²) in [5.74, 6) is 2.90. The number of aromatic nitrogens is 9. The van der Waals surface area contributed by atoms with Crippen LogP contribution in [0.5, 0.6) is 17.4 Å². The second-order valence-electron chi connectivity index (χ2n) is 18.4. The fraction of sp³-hybridized carbons (Fsp3) is 0.431. The number of rotatable bonds is 18. The summed E-state index contributed by atoms with van der Waals surface area (Å²) in [5.41, 5.74) is 15.1. The minimum Gasteiger partial charge on any atom is -0.491 e. The molecule has 7 aromatic heterocycles. The van der Waals surface area contributed by atoms with E-state index in [9.17, 15) is 0 Å². The van der Waals surface area contributed by atoms with Crippen molar-refractivity contribution in [3.63, 3.8) is 0 Å². The van der Waals surface area contributed by atoms with Crippen LogP contribution in [0.25, 0.3) is 0 Å². The largest absolute Gasteiger partial charge is 0.491 e. The molecule has 18 nitrogen and oxygen atoms in total. The number of halogens is 2. The van der Waals surface area contributed by atoms with E-state index in [1.54, 1.807) is 86.2 Å². The van der Waals surface area contributed by atoms with Crippen LogP contribution < -0.4 is 25.7 Å². The lowest BCUT2D eigenvalue weighted by atomic mass is 10.3. The molecule has 0 spiro atoms. The highest BCUT2D eigenvalue weighted by Gasteiger charge is 2.02. The predicted molar refractivity (Wildman–Crippen MR) is 311 cm³/mol. The van der Waals surface area contributed by atoms with Crippen LogP contribution in [-0.4, -0.2) is 87.6 Å². The Labute approximate surface area is 473 Å². The Hall–Kier alpha value is -6.67. The molecule has 0 fully saturated rings. The van der Waals surface area contributed by atoms with Crippen LogP contribution >= 0.6 is 23.2 Å². The van der Waals surface area contributed by atoms with Crippen molar-refractivity contribution < 1.29 is 33.2 Å². The molecule has 7 aromatic rings. The van der Waals surface area contributed by atoms with Gasteiger partial charge in [0.1, 0.15) is 22.5 Å². The van der Waals surface area contributed by atoms with Gasteiger partial charge < -0.3 is 44.6 Å². The van der Waals surface area contributed by atoms with Crippen molar-refractivity contribution in [2.24, 2.45) is 0 Å². The second kappa shape index (κ2) is 42.4. The van der Waals surface area contributed by atoms with Crippen molar-refractivity contribution in [3.05, 3.63) is 168 Å². The molecule has 0 aliphatic heterocycles. The van der Waals surface area contributed by atoms with Gasteiger partial charge in [-0.1, -0.05) is 23.7 Å². The van der Waals surface area contributed by atoms with Gasteiger partial charge in [-0.15, -0.1) is 0 Å². The Morgan fingerprint density at radius 1 is 0.397 bits per heavy atom. The quantitative estimate of drug-likeness (QED) is 0.0600. The molecule has 4 N–H and O–H groups in total. The van der Waals surface area contributed by atoms with Crippen molar-refractivity contribution >= 4 is 35.0 Å². The number of hydrogen-bond acceptors (Lipinski definition) is 18. The van der Waals surface area contributed by atoms with Gasteiger partial charge in [0.25, 0.3) is 0 Å². The Morgan fingerprint density at radius 3 is 1.32 bits per heavy atom. The fourth-order valence-electron chi connectivity index (χ4n) is 5.05. The summed E-state index contributed by atoms with van der Waals surface area (Å²) in [7, 11) is 0. The van der Waals surface area contributed by atoms with Gasteiger partial charge in [-0.3, -0.25) is 15.0 Å². The lowest BCUT2D eigenvalue weighted by molar-refractivity contribution is 0.0652. The zero-order chi connectivity index (χ0) is 58.1. The van der Waals surface area contributed by atoms with Crippen molar-refractivity contribution in [1.29, 1.82) is 0 Å². The van der Waals surface area contributed by atoms with E-state index < -0.39 is 0 Å². The van der Waals surface area contributed by atoms with Gasteiger partial charge >= 0.3 is 0 Å². The summed E-state index contributed by atoms with van der Waals surface area (Å²) >= 11 is 11.1. The van der Waals surface area contributed by atoms with Crippen LogP contribution in [0.4, 0.5) is 11.8 Å². The summed E-state index contributed by atoms with van der Waals surface area (Å²) in [5, 5.41) is 0.784. The lowest BCUT2D eigenvalue weighted by Crippen LogP contribution is -2.07. The number of nitrogen functional groups attached to an aromatic ring is 2. The van der Waals surface area contributed by atoms with Crippen LogP contribution in [-0.2, 0) is 45.4 Å². The molecule has 0 aliphatic rings. The SMILES string of the molecule is CC(C)OCc1ccc(Cl)nc1.CC(C)OCc1cccnc1.CC(C)OCc1ccncc1.CC(C)OCc1cnc(Cl)nc1.CC(C)Oc1ccnc(N)c1.CC(C)Oc1ccnc(N)n1.CC(C)Oc1ccncc1. The maximum Gasteiger partial charge on any atom is 0.223 e. The molecule has 7 heterocycles. The fourth-order valence-corrected chi connectivity index (χ4v) is 5.25. The van der Waals surface area contributed by atoms with E-state index in [-0.39, 0.29) is 47.9 Å². The molecule has 7 rings (SSSR count). The zero-order valence-corrected chi connectivity index (χ0v) is 49.4. The molecular formula is C58H83Cl2N11O7. The average Bonchev–Trinajstić information content (AvgIpc) is 3.39. The normalized spacial score (nSPS) is 10.3. The summed E-state index contributed by atoms with van der Waals surface area (Å²) in [6.07, 6.45) is 20.4. The molecule has 0 bridgehead atoms. The highest BCUT2D eigenvalue weighted by molar-refractivity contribution is 6.29. The minimum absolute atomic E-state index is 0.115. The summed E-state index contributed by atoms with van der Waals surface area (Å²) < 4.78 is 37.5. The van der Waals surface area contributed by atoms with Gasteiger partial charge in [-0.05, 0) is 168 Å². The van der Waals surface area contributed by atoms with Crippen molar-refractivity contribution in [1.82, 2.24) is 44.9 Å². The van der Waals surface area contributed by atoms with Crippen molar-refractivity contribution in [2.75, 3.05) is 11.5 Å². The van der Waals surface area contributed by atoms with Crippen molar-refractivity contribution in [3.8, 4) is 17.4 Å². The number of hydrogen-bond donors (Lipinski definition) is 2.